The molecule has 1 aromatic carbocycles. The number of thioether (sulfide) groups is 1. The van der Waals surface area contributed by atoms with E-state index in [0.717, 1.165) is 18.7 Å². The SMILES string of the molecule is Cc1ccc(C(=O)N2CC(C)SC(C)C2)c(C#CCO)c1. The normalized spacial score (nSPS) is 21.6. The van der Waals surface area contributed by atoms with E-state index in [1.54, 1.807) is 0 Å². The summed E-state index contributed by atoms with van der Waals surface area (Å²) in [6, 6.07) is 5.68. The van der Waals surface area contributed by atoms with Crippen LogP contribution in [0.1, 0.15) is 35.3 Å². The van der Waals surface area contributed by atoms with Gasteiger partial charge in [0.25, 0.3) is 5.91 Å². The largest absolute Gasteiger partial charge is 0.384 e. The van der Waals surface area contributed by atoms with Crippen LogP contribution in [0.15, 0.2) is 18.2 Å². The lowest BCUT2D eigenvalue weighted by molar-refractivity contribution is 0.0753. The second-order valence-corrected chi connectivity index (χ2v) is 7.36. The smallest absolute Gasteiger partial charge is 0.255 e. The van der Waals surface area contributed by atoms with Crippen LogP contribution in [-0.2, 0) is 0 Å². The van der Waals surface area contributed by atoms with E-state index in [-0.39, 0.29) is 12.5 Å². The zero-order valence-corrected chi connectivity index (χ0v) is 13.5. The molecule has 21 heavy (non-hydrogen) atoms. The number of aliphatic hydroxyl groups is 1. The molecule has 1 heterocycles. The molecule has 3 nitrogen and oxygen atoms in total. The summed E-state index contributed by atoms with van der Waals surface area (Å²) in [7, 11) is 0. The molecule has 0 radical (unpaired) electrons. The summed E-state index contributed by atoms with van der Waals surface area (Å²) in [5.74, 6) is 5.57. The molecule has 1 N–H and O–H groups in total. The van der Waals surface area contributed by atoms with E-state index < -0.39 is 0 Å². The number of rotatable bonds is 1. The van der Waals surface area contributed by atoms with Gasteiger partial charge in [0.15, 0.2) is 0 Å². The summed E-state index contributed by atoms with van der Waals surface area (Å²) < 4.78 is 0. The van der Waals surface area contributed by atoms with Crippen molar-refractivity contribution in [2.45, 2.75) is 31.3 Å². The monoisotopic (exact) mass is 303 g/mol. The van der Waals surface area contributed by atoms with Gasteiger partial charge >= 0.3 is 0 Å². The second-order valence-electron chi connectivity index (χ2n) is 5.48. The van der Waals surface area contributed by atoms with Gasteiger partial charge in [-0.05, 0) is 24.6 Å². The number of nitrogens with zero attached hydrogens (tertiary/aromatic N) is 1. The number of aliphatic hydroxyl groups excluding tert-OH is 1. The van der Waals surface area contributed by atoms with Gasteiger partial charge < -0.3 is 10.0 Å². The van der Waals surface area contributed by atoms with Gasteiger partial charge in [-0.15, -0.1) is 0 Å². The third-order valence-electron chi connectivity index (χ3n) is 3.41. The Labute approximate surface area is 130 Å². The first kappa shape index (κ1) is 15.9. The molecule has 2 rings (SSSR count). The van der Waals surface area contributed by atoms with Gasteiger partial charge in [-0.3, -0.25) is 4.79 Å². The van der Waals surface area contributed by atoms with Crippen molar-refractivity contribution in [3.63, 3.8) is 0 Å². The first-order valence-electron chi connectivity index (χ1n) is 7.16. The quantitative estimate of drug-likeness (QED) is 0.809. The van der Waals surface area contributed by atoms with Crippen molar-refractivity contribution in [1.82, 2.24) is 4.90 Å². The molecule has 4 heteroatoms. The fourth-order valence-corrected chi connectivity index (χ4v) is 3.92. The summed E-state index contributed by atoms with van der Waals surface area (Å²) in [6.07, 6.45) is 0. The molecule has 0 spiro atoms. The van der Waals surface area contributed by atoms with Crippen molar-refractivity contribution in [2.75, 3.05) is 19.7 Å². The van der Waals surface area contributed by atoms with Gasteiger partial charge in [-0.1, -0.05) is 31.8 Å². The molecule has 0 aliphatic carbocycles. The summed E-state index contributed by atoms with van der Waals surface area (Å²) >= 11 is 1.92. The van der Waals surface area contributed by atoms with Crippen LogP contribution in [-0.4, -0.2) is 46.1 Å². The van der Waals surface area contributed by atoms with Crippen molar-refractivity contribution in [2.24, 2.45) is 0 Å². The Hall–Kier alpha value is -1.44. The molecule has 2 atom stereocenters. The van der Waals surface area contributed by atoms with Gasteiger partial charge in [0.1, 0.15) is 6.61 Å². The highest BCUT2D eigenvalue weighted by atomic mass is 32.2. The first-order valence-corrected chi connectivity index (χ1v) is 8.10. The average Bonchev–Trinajstić information content (AvgIpc) is 2.43. The zero-order chi connectivity index (χ0) is 15.4. The Balaban J connectivity index is 2.30. The number of benzene rings is 1. The van der Waals surface area contributed by atoms with Gasteiger partial charge in [0, 0.05) is 29.2 Å². The molecule has 1 aliphatic rings. The Bertz CT molecular complexity index is 578. The number of carbonyl (C=O) groups excluding carboxylic acids is 1. The highest BCUT2D eigenvalue weighted by Crippen LogP contribution is 2.26. The summed E-state index contributed by atoms with van der Waals surface area (Å²) in [5, 5.41) is 9.78. The Morgan fingerprint density at radius 2 is 2.05 bits per heavy atom. The van der Waals surface area contributed by atoms with Gasteiger partial charge in [-0.25, -0.2) is 0 Å². The van der Waals surface area contributed by atoms with Crippen LogP contribution in [0.2, 0.25) is 0 Å². The molecular formula is C17H21NO2S. The van der Waals surface area contributed by atoms with E-state index in [1.807, 2.05) is 41.8 Å². The molecule has 1 saturated heterocycles. The minimum Gasteiger partial charge on any atom is -0.384 e. The predicted octanol–water partition coefficient (Wildman–Crippen LogP) is 2.30. The Kier molecular flexibility index (Phi) is 5.33. The van der Waals surface area contributed by atoms with Crippen LogP contribution in [0, 0.1) is 18.8 Å². The highest BCUT2D eigenvalue weighted by Gasteiger charge is 2.27. The number of amides is 1. The third kappa shape index (κ3) is 4.03. The van der Waals surface area contributed by atoms with Crippen LogP contribution < -0.4 is 0 Å². The van der Waals surface area contributed by atoms with Crippen LogP contribution in [0.4, 0.5) is 0 Å². The zero-order valence-electron chi connectivity index (χ0n) is 12.7. The minimum absolute atomic E-state index is 0.0382. The number of hydrogen-bond acceptors (Lipinski definition) is 3. The summed E-state index contributed by atoms with van der Waals surface area (Å²) in [4.78, 5) is 14.7. The summed E-state index contributed by atoms with van der Waals surface area (Å²) in [6.45, 7) is 7.63. The highest BCUT2D eigenvalue weighted by molar-refractivity contribution is 8.00. The van der Waals surface area contributed by atoms with E-state index in [1.165, 1.54) is 0 Å². The fourth-order valence-electron chi connectivity index (χ4n) is 2.60. The number of aryl methyl sites for hydroxylation is 1. The van der Waals surface area contributed by atoms with Crippen molar-refractivity contribution >= 4 is 17.7 Å². The summed E-state index contributed by atoms with van der Waals surface area (Å²) in [5.41, 5.74) is 2.39. The van der Waals surface area contributed by atoms with E-state index in [2.05, 4.69) is 25.7 Å². The molecule has 1 aliphatic heterocycles. The molecule has 0 saturated carbocycles. The third-order valence-corrected chi connectivity index (χ3v) is 4.64. The predicted molar refractivity (Wildman–Crippen MR) is 87.6 cm³/mol. The maximum absolute atomic E-state index is 12.8. The van der Waals surface area contributed by atoms with Crippen LogP contribution in [0.5, 0.6) is 0 Å². The van der Waals surface area contributed by atoms with Crippen LogP contribution >= 0.6 is 11.8 Å². The molecule has 0 aromatic heterocycles. The molecular weight excluding hydrogens is 282 g/mol. The molecule has 2 unspecified atom stereocenters. The maximum atomic E-state index is 12.8. The Morgan fingerprint density at radius 3 is 2.67 bits per heavy atom. The van der Waals surface area contributed by atoms with Crippen molar-refractivity contribution in [3.8, 4) is 11.8 Å². The molecule has 112 valence electrons. The molecule has 1 fully saturated rings. The minimum atomic E-state index is -0.198. The van der Waals surface area contributed by atoms with Crippen molar-refractivity contribution < 1.29 is 9.90 Å². The first-order chi connectivity index (χ1) is 10.0. The van der Waals surface area contributed by atoms with E-state index in [9.17, 15) is 4.79 Å². The van der Waals surface area contributed by atoms with Crippen LogP contribution in [0.3, 0.4) is 0 Å². The topological polar surface area (TPSA) is 40.5 Å². The van der Waals surface area contributed by atoms with E-state index in [0.29, 0.717) is 21.6 Å². The fraction of sp³-hybridized carbons (Fsp3) is 0.471. The van der Waals surface area contributed by atoms with Crippen molar-refractivity contribution in [1.29, 1.82) is 0 Å². The standard InChI is InChI=1S/C17H21NO2S/c1-12-6-7-16(15(9-12)5-4-8-19)17(20)18-10-13(2)21-14(3)11-18/h6-7,9,13-14,19H,8,10-11H2,1-3H3. The lowest BCUT2D eigenvalue weighted by Crippen LogP contribution is -2.44. The van der Waals surface area contributed by atoms with Gasteiger partial charge in [-0.2, -0.15) is 11.8 Å². The van der Waals surface area contributed by atoms with Crippen LogP contribution in [0.25, 0.3) is 0 Å². The van der Waals surface area contributed by atoms with E-state index >= 15 is 0 Å². The van der Waals surface area contributed by atoms with E-state index in [4.69, 9.17) is 5.11 Å². The average molecular weight is 303 g/mol. The number of carbonyl (C=O) groups is 1. The lowest BCUT2D eigenvalue weighted by Gasteiger charge is -2.34. The Morgan fingerprint density at radius 1 is 1.38 bits per heavy atom. The molecule has 1 amide bonds. The molecule has 0 bridgehead atoms. The van der Waals surface area contributed by atoms with Gasteiger partial charge in [0.2, 0.25) is 0 Å². The lowest BCUT2D eigenvalue weighted by atomic mass is 10.0. The molecule has 1 aromatic rings. The number of hydrogen-bond donors (Lipinski definition) is 1. The maximum Gasteiger partial charge on any atom is 0.255 e. The second kappa shape index (κ2) is 7.02. The van der Waals surface area contributed by atoms with Gasteiger partial charge in [0.05, 0.1) is 5.56 Å². The van der Waals surface area contributed by atoms with Crippen molar-refractivity contribution in [3.05, 3.63) is 34.9 Å².